The van der Waals surface area contributed by atoms with Crippen LogP contribution in [-0.4, -0.2) is 0 Å². The highest BCUT2D eigenvalue weighted by molar-refractivity contribution is 7.26. The second-order valence-corrected chi connectivity index (χ2v) is 17.7. The molecule has 0 aliphatic rings. The van der Waals surface area contributed by atoms with Crippen molar-refractivity contribution in [2.24, 2.45) is 0 Å². The molecule has 2 heterocycles. The molecule has 2 heteroatoms. The van der Waals surface area contributed by atoms with Crippen LogP contribution in [0, 0.1) is 0 Å². The van der Waals surface area contributed by atoms with Gasteiger partial charge in [-0.05, 0) is 124 Å². The smallest absolute Gasteiger partial charge is 0.0361 e. The van der Waals surface area contributed by atoms with Crippen LogP contribution in [0.3, 0.4) is 0 Å². The van der Waals surface area contributed by atoms with Gasteiger partial charge in [-0.3, -0.25) is 0 Å². The summed E-state index contributed by atoms with van der Waals surface area (Å²) in [7, 11) is 0. The molecule has 0 atom stereocenters. The van der Waals surface area contributed by atoms with Gasteiger partial charge in [0, 0.05) is 40.3 Å². The predicted octanol–water partition coefficient (Wildman–Crippen LogP) is 17.2. The largest absolute Gasteiger partial charge is 0.135 e. The molecule has 0 fully saturated rings. The maximum absolute atomic E-state index is 2.47. The lowest BCUT2D eigenvalue weighted by Gasteiger charge is -2.20. The van der Waals surface area contributed by atoms with Crippen LogP contribution in [0.2, 0.25) is 0 Å². The van der Waals surface area contributed by atoms with Gasteiger partial charge in [-0.1, -0.05) is 158 Å². The first kappa shape index (κ1) is 32.3. The van der Waals surface area contributed by atoms with Gasteiger partial charge < -0.3 is 0 Å². The summed E-state index contributed by atoms with van der Waals surface area (Å²) >= 11 is 3.79. The van der Waals surface area contributed by atoms with Gasteiger partial charge in [0.2, 0.25) is 0 Å². The Kier molecular flexibility index (Phi) is 6.86. The summed E-state index contributed by atoms with van der Waals surface area (Å²) in [6.45, 7) is 0. The summed E-state index contributed by atoms with van der Waals surface area (Å²) in [5.41, 5.74) is 7.62. The topological polar surface area (TPSA) is 0 Å². The minimum atomic E-state index is 1.25. The summed E-state index contributed by atoms with van der Waals surface area (Å²) < 4.78 is 5.36. The fraction of sp³-hybridized carbons (Fsp3) is 0. The fourth-order valence-electron chi connectivity index (χ4n) is 9.91. The third-order valence-electron chi connectivity index (χ3n) is 12.4. The Morgan fingerprint density at radius 3 is 1.50 bits per heavy atom. The van der Waals surface area contributed by atoms with Crippen molar-refractivity contribution in [2.75, 3.05) is 0 Å². The first-order valence-electron chi connectivity index (χ1n) is 19.9. The van der Waals surface area contributed by atoms with Crippen LogP contribution >= 0.6 is 22.7 Å². The van der Waals surface area contributed by atoms with Crippen molar-refractivity contribution in [1.29, 1.82) is 0 Å². The molecule has 0 aliphatic carbocycles. The van der Waals surface area contributed by atoms with Crippen LogP contribution in [0.15, 0.2) is 194 Å². The SMILES string of the molecule is c1ccc2c(-c3c4ccccc4c(-c4ccc(-c5ccc6sc7cc8ccc9sc%10ccccc%10c9c8cc7c6c5)c5ccccc45)c4ccccc34)cccc2c1. The lowest BCUT2D eigenvalue weighted by atomic mass is 9.83. The average molecular weight is 769 g/mol. The number of thiophene rings is 2. The zero-order valence-corrected chi connectivity index (χ0v) is 32.9. The highest BCUT2D eigenvalue weighted by Gasteiger charge is 2.20. The van der Waals surface area contributed by atoms with Crippen molar-refractivity contribution < 1.29 is 0 Å². The van der Waals surface area contributed by atoms with E-state index in [-0.39, 0.29) is 0 Å². The van der Waals surface area contributed by atoms with Gasteiger partial charge in [0.1, 0.15) is 0 Å². The highest BCUT2D eigenvalue weighted by Crippen LogP contribution is 2.48. The minimum absolute atomic E-state index is 1.25. The third-order valence-corrected chi connectivity index (χ3v) is 14.7. The quantitative estimate of drug-likeness (QED) is 0.157. The minimum Gasteiger partial charge on any atom is -0.135 e. The standard InChI is InChI=1S/C56H32S2/c1-2-14-36-33(12-1)13-11-22-40(36)54-41-17-5-7-19-43(41)55(44-20-8-6-18-42(44)54)45-27-26-37(38-15-3-4-16-39(38)45)34-24-28-51-48(30-34)49-32-47-35(31-53(49)58-51)25-29-52-56(47)46-21-9-10-23-50(46)57-52/h1-32H. The Balaban J connectivity index is 1.04. The molecular formula is C56H32S2. The predicted molar refractivity (Wildman–Crippen MR) is 256 cm³/mol. The van der Waals surface area contributed by atoms with E-state index in [1.165, 1.54) is 128 Å². The molecule has 0 unspecified atom stereocenters. The maximum atomic E-state index is 2.47. The molecular weight excluding hydrogens is 737 g/mol. The van der Waals surface area contributed by atoms with Crippen molar-refractivity contribution in [3.05, 3.63) is 194 Å². The number of hydrogen-bond donors (Lipinski definition) is 0. The van der Waals surface area contributed by atoms with Gasteiger partial charge >= 0.3 is 0 Å². The normalized spacial score (nSPS) is 12.1. The van der Waals surface area contributed by atoms with Crippen molar-refractivity contribution in [3.8, 4) is 33.4 Å². The lowest BCUT2D eigenvalue weighted by molar-refractivity contribution is 1.67. The van der Waals surface area contributed by atoms with Crippen molar-refractivity contribution in [3.63, 3.8) is 0 Å². The molecule has 0 saturated heterocycles. The van der Waals surface area contributed by atoms with Gasteiger partial charge in [0.25, 0.3) is 0 Å². The summed E-state index contributed by atoms with van der Waals surface area (Å²) in [6, 6.07) is 72.7. The molecule has 58 heavy (non-hydrogen) atoms. The van der Waals surface area contributed by atoms with E-state index in [0.29, 0.717) is 0 Å². The Bertz CT molecular complexity index is 3800. The van der Waals surface area contributed by atoms with Crippen LogP contribution in [0.5, 0.6) is 0 Å². The third kappa shape index (κ3) is 4.62. The molecule has 13 rings (SSSR count). The van der Waals surface area contributed by atoms with Crippen LogP contribution in [0.4, 0.5) is 0 Å². The van der Waals surface area contributed by atoms with Gasteiger partial charge in [-0.15, -0.1) is 22.7 Å². The number of rotatable bonds is 3. The molecule has 0 aliphatic heterocycles. The van der Waals surface area contributed by atoms with Crippen molar-refractivity contribution in [1.82, 2.24) is 0 Å². The fourth-order valence-corrected chi connectivity index (χ4v) is 12.1. The molecule has 2 aromatic heterocycles. The van der Waals surface area contributed by atoms with Crippen molar-refractivity contribution in [2.45, 2.75) is 0 Å². The van der Waals surface area contributed by atoms with Crippen LogP contribution in [0.25, 0.3) is 128 Å². The van der Waals surface area contributed by atoms with E-state index in [1.807, 2.05) is 22.7 Å². The van der Waals surface area contributed by atoms with Crippen LogP contribution in [-0.2, 0) is 0 Å². The summed E-state index contributed by atoms with van der Waals surface area (Å²) in [6.07, 6.45) is 0. The zero-order valence-electron chi connectivity index (χ0n) is 31.3. The number of hydrogen-bond acceptors (Lipinski definition) is 2. The maximum Gasteiger partial charge on any atom is 0.0361 e. The van der Waals surface area contributed by atoms with Gasteiger partial charge in [-0.25, -0.2) is 0 Å². The first-order chi connectivity index (χ1) is 28.8. The Morgan fingerprint density at radius 1 is 0.241 bits per heavy atom. The van der Waals surface area contributed by atoms with Gasteiger partial charge in [0.15, 0.2) is 0 Å². The van der Waals surface area contributed by atoms with E-state index in [9.17, 15) is 0 Å². The average Bonchev–Trinajstić information content (AvgIpc) is 3.85. The molecule has 268 valence electrons. The summed E-state index contributed by atoms with van der Waals surface area (Å²) in [4.78, 5) is 0. The van der Waals surface area contributed by atoms with E-state index >= 15 is 0 Å². The van der Waals surface area contributed by atoms with Crippen molar-refractivity contribution >= 4 is 117 Å². The molecule has 13 aromatic rings. The lowest BCUT2D eigenvalue weighted by Crippen LogP contribution is -1.93. The van der Waals surface area contributed by atoms with E-state index in [4.69, 9.17) is 0 Å². The van der Waals surface area contributed by atoms with E-state index in [2.05, 4.69) is 194 Å². The Labute approximate surface area is 342 Å². The molecule has 0 saturated carbocycles. The monoisotopic (exact) mass is 768 g/mol. The molecule has 0 bridgehead atoms. The van der Waals surface area contributed by atoms with E-state index in [0.717, 1.165) is 0 Å². The highest BCUT2D eigenvalue weighted by atomic mass is 32.1. The second kappa shape index (κ2) is 12.3. The van der Waals surface area contributed by atoms with Gasteiger partial charge in [0.05, 0.1) is 0 Å². The van der Waals surface area contributed by atoms with Gasteiger partial charge in [-0.2, -0.15) is 0 Å². The molecule has 0 N–H and O–H groups in total. The van der Waals surface area contributed by atoms with E-state index < -0.39 is 0 Å². The van der Waals surface area contributed by atoms with Crippen LogP contribution in [0.1, 0.15) is 0 Å². The molecule has 0 nitrogen and oxygen atoms in total. The zero-order chi connectivity index (χ0) is 37.9. The molecule has 0 radical (unpaired) electrons. The van der Waals surface area contributed by atoms with E-state index in [1.54, 1.807) is 0 Å². The Hall–Kier alpha value is -6.84. The first-order valence-corrected chi connectivity index (χ1v) is 21.5. The summed E-state index contributed by atoms with van der Waals surface area (Å²) in [5, 5.41) is 18.2. The van der Waals surface area contributed by atoms with Crippen LogP contribution < -0.4 is 0 Å². The molecule has 11 aromatic carbocycles. The number of benzene rings is 11. The summed E-state index contributed by atoms with van der Waals surface area (Å²) in [5.74, 6) is 0. The second-order valence-electron chi connectivity index (χ2n) is 15.5. The molecule has 0 spiro atoms. The Morgan fingerprint density at radius 2 is 0.759 bits per heavy atom. The molecule has 0 amide bonds. The number of fused-ring (bicyclic) bond motifs is 12.